The lowest BCUT2D eigenvalue weighted by molar-refractivity contribution is -0.167. The predicted octanol–water partition coefficient (Wildman–Crippen LogP) is 10.2. The molecular weight excluding hydrogens is 516 g/mol. The quantitative estimate of drug-likeness (QED) is 0.0459. The molecule has 0 aromatic carbocycles. The first-order chi connectivity index (χ1) is 20.0. The molecule has 0 N–H and O–H groups in total. The zero-order valence-electron chi connectivity index (χ0n) is 27.3. The second kappa shape index (κ2) is 31.3. The molecule has 0 heterocycles. The molecule has 0 aliphatic heterocycles. The van der Waals surface area contributed by atoms with Gasteiger partial charge in [-0.1, -0.05) is 149 Å². The third-order valence-electron chi connectivity index (χ3n) is 7.61. The smallest absolute Gasteiger partial charge is 0.306 e. The van der Waals surface area contributed by atoms with Crippen LogP contribution in [0.1, 0.15) is 188 Å². The minimum atomic E-state index is -0.753. The van der Waals surface area contributed by atoms with Crippen molar-refractivity contribution in [2.24, 2.45) is 0 Å². The number of esters is 3. The van der Waals surface area contributed by atoms with Crippen molar-refractivity contribution in [2.75, 3.05) is 13.2 Å². The van der Waals surface area contributed by atoms with E-state index < -0.39 is 6.10 Å². The van der Waals surface area contributed by atoms with Gasteiger partial charge in [0.15, 0.2) is 6.10 Å². The first-order valence-corrected chi connectivity index (χ1v) is 17.5. The molecule has 6 nitrogen and oxygen atoms in total. The molecule has 0 aliphatic rings. The number of carbonyl (C=O) groups excluding carboxylic acids is 3. The summed E-state index contributed by atoms with van der Waals surface area (Å²) in [5, 5.41) is 0. The number of hydrogen-bond acceptors (Lipinski definition) is 6. The Balaban J connectivity index is 4.34. The molecular formula is C35H66O6. The number of hydrogen-bond donors (Lipinski definition) is 0. The summed E-state index contributed by atoms with van der Waals surface area (Å²) in [6, 6.07) is 0. The zero-order valence-corrected chi connectivity index (χ0v) is 27.3. The molecule has 1 atom stereocenters. The highest BCUT2D eigenvalue weighted by atomic mass is 16.6. The van der Waals surface area contributed by atoms with E-state index in [-0.39, 0.29) is 31.1 Å². The van der Waals surface area contributed by atoms with E-state index in [9.17, 15) is 14.4 Å². The standard InChI is InChI=1S/C35H66O6/c1-4-7-10-13-16-17-20-22-25-28-34(37)40-31-32(41-35(38)29-26-23-19-15-12-9-6-3)30-39-33(36)27-24-21-18-14-11-8-5-2/h32H,4-31H2,1-3H3. The fraction of sp³-hybridized carbons (Fsp3) is 0.914. The van der Waals surface area contributed by atoms with E-state index in [1.807, 2.05) is 0 Å². The Labute approximate surface area is 253 Å². The predicted molar refractivity (Wildman–Crippen MR) is 169 cm³/mol. The molecule has 0 bridgehead atoms. The van der Waals surface area contributed by atoms with E-state index in [1.54, 1.807) is 0 Å². The van der Waals surface area contributed by atoms with Gasteiger partial charge in [0.05, 0.1) is 0 Å². The molecule has 0 saturated heterocycles. The van der Waals surface area contributed by atoms with E-state index in [4.69, 9.17) is 14.2 Å². The van der Waals surface area contributed by atoms with Crippen LogP contribution in [-0.2, 0) is 28.6 Å². The Hall–Kier alpha value is -1.59. The normalized spacial score (nSPS) is 11.8. The van der Waals surface area contributed by atoms with Gasteiger partial charge in [0.1, 0.15) is 13.2 Å². The molecule has 0 amide bonds. The van der Waals surface area contributed by atoms with Gasteiger partial charge in [0, 0.05) is 19.3 Å². The summed E-state index contributed by atoms with van der Waals surface area (Å²) in [7, 11) is 0. The molecule has 0 aliphatic carbocycles. The van der Waals surface area contributed by atoms with Gasteiger partial charge in [0.2, 0.25) is 0 Å². The Morgan fingerprint density at radius 3 is 0.976 bits per heavy atom. The van der Waals surface area contributed by atoms with Gasteiger partial charge in [-0.25, -0.2) is 0 Å². The fourth-order valence-electron chi connectivity index (χ4n) is 4.91. The van der Waals surface area contributed by atoms with Gasteiger partial charge < -0.3 is 14.2 Å². The first kappa shape index (κ1) is 39.4. The van der Waals surface area contributed by atoms with Gasteiger partial charge in [-0.2, -0.15) is 0 Å². The molecule has 0 radical (unpaired) electrons. The molecule has 0 spiro atoms. The second-order valence-electron chi connectivity index (χ2n) is 11.8. The van der Waals surface area contributed by atoms with Crippen LogP contribution in [0.4, 0.5) is 0 Å². The summed E-state index contributed by atoms with van der Waals surface area (Å²) >= 11 is 0. The van der Waals surface area contributed by atoms with Gasteiger partial charge in [-0.15, -0.1) is 0 Å². The van der Waals surface area contributed by atoms with Crippen molar-refractivity contribution in [3.63, 3.8) is 0 Å². The van der Waals surface area contributed by atoms with Crippen molar-refractivity contribution < 1.29 is 28.6 Å². The molecule has 0 rings (SSSR count). The average molecular weight is 583 g/mol. The highest BCUT2D eigenvalue weighted by Crippen LogP contribution is 2.13. The first-order valence-electron chi connectivity index (χ1n) is 17.5. The molecule has 0 aromatic rings. The highest BCUT2D eigenvalue weighted by molar-refractivity contribution is 5.71. The minimum absolute atomic E-state index is 0.0657. The van der Waals surface area contributed by atoms with Crippen LogP contribution in [-0.4, -0.2) is 37.2 Å². The maximum Gasteiger partial charge on any atom is 0.306 e. The summed E-state index contributed by atoms with van der Waals surface area (Å²) in [6.45, 7) is 6.50. The van der Waals surface area contributed by atoms with Crippen LogP contribution >= 0.6 is 0 Å². The Morgan fingerprint density at radius 1 is 0.390 bits per heavy atom. The Morgan fingerprint density at radius 2 is 0.659 bits per heavy atom. The van der Waals surface area contributed by atoms with Crippen LogP contribution < -0.4 is 0 Å². The molecule has 41 heavy (non-hydrogen) atoms. The Bertz CT molecular complexity index is 605. The van der Waals surface area contributed by atoms with Crippen LogP contribution in [0.3, 0.4) is 0 Å². The van der Waals surface area contributed by atoms with E-state index in [0.717, 1.165) is 57.8 Å². The van der Waals surface area contributed by atoms with E-state index in [0.29, 0.717) is 19.3 Å². The molecule has 0 fully saturated rings. The summed E-state index contributed by atoms with van der Waals surface area (Å²) in [6.07, 6.45) is 26.8. The number of unbranched alkanes of at least 4 members (excludes halogenated alkanes) is 20. The number of ether oxygens (including phenoxy) is 3. The van der Waals surface area contributed by atoms with Crippen LogP contribution in [0.5, 0.6) is 0 Å². The second-order valence-corrected chi connectivity index (χ2v) is 11.8. The summed E-state index contributed by atoms with van der Waals surface area (Å²) in [4.78, 5) is 37.0. The van der Waals surface area contributed by atoms with Crippen molar-refractivity contribution in [3.05, 3.63) is 0 Å². The monoisotopic (exact) mass is 582 g/mol. The Kier molecular flexibility index (Phi) is 30.1. The fourth-order valence-corrected chi connectivity index (χ4v) is 4.91. The summed E-state index contributed by atoms with van der Waals surface area (Å²) < 4.78 is 16.4. The van der Waals surface area contributed by atoms with Crippen LogP contribution in [0.15, 0.2) is 0 Å². The largest absolute Gasteiger partial charge is 0.462 e. The van der Waals surface area contributed by atoms with Crippen LogP contribution in [0.2, 0.25) is 0 Å². The number of rotatable bonds is 31. The third-order valence-corrected chi connectivity index (χ3v) is 7.61. The minimum Gasteiger partial charge on any atom is -0.462 e. The van der Waals surface area contributed by atoms with E-state index in [2.05, 4.69) is 20.8 Å². The summed E-state index contributed by atoms with van der Waals surface area (Å²) in [5.74, 6) is -0.884. The van der Waals surface area contributed by atoms with Gasteiger partial charge >= 0.3 is 17.9 Å². The summed E-state index contributed by atoms with van der Waals surface area (Å²) in [5.41, 5.74) is 0. The highest BCUT2D eigenvalue weighted by Gasteiger charge is 2.19. The SMILES string of the molecule is CCCCCCCCCCCC(=O)OCC(COC(=O)CCCCCCCCC)OC(=O)CCCCCCCCC. The van der Waals surface area contributed by atoms with Crippen molar-refractivity contribution >= 4 is 17.9 Å². The van der Waals surface area contributed by atoms with Crippen molar-refractivity contribution in [2.45, 2.75) is 194 Å². The molecule has 0 saturated carbocycles. The molecule has 242 valence electrons. The van der Waals surface area contributed by atoms with Gasteiger partial charge in [0.25, 0.3) is 0 Å². The topological polar surface area (TPSA) is 78.9 Å². The van der Waals surface area contributed by atoms with Crippen LogP contribution in [0.25, 0.3) is 0 Å². The lowest BCUT2D eigenvalue weighted by atomic mass is 10.1. The zero-order chi connectivity index (χ0) is 30.2. The van der Waals surface area contributed by atoms with Crippen molar-refractivity contribution in [1.82, 2.24) is 0 Å². The van der Waals surface area contributed by atoms with Crippen molar-refractivity contribution in [1.29, 1.82) is 0 Å². The van der Waals surface area contributed by atoms with Crippen molar-refractivity contribution in [3.8, 4) is 0 Å². The number of carbonyl (C=O) groups is 3. The van der Waals surface area contributed by atoms with E-state index in [1.165, 1.54) is 89.9 Å². The van der Waals surface area contributed by atoms with Crippen LogP contribution in [0, 0.1) is 0 Å². The lowest BCUT2D eigenvalue weighted by Crippen LogP contribution is -2.30. The maximum absolute atomic E-state index is 12.4. The molecule has 6 heteroatoms. The van der Waals surface area contributed by atoms with Gasteiger partial charge in [-0.05, 0) is 19.3 Å². The maximum atomic E-state index is 12.4. The average Bonchev–Trinajstić information content (AvgIpc) is 2.96. The molecule has 1 unspecified atom stereocenters. The third kappa shape index (κ3) is 29.7. The lowest BCUT2D eigenvalue weighted by Gasteiger charge is -2.18. The van der Waals surface area contributed by atoms with E-state index >= 15 is 0 Å². The molecule has 0 aromatic heterocycles. The van der Waals surface area contributed by atoms with Gasteiger partial charge in [-0.3, -0.25) is 14.4 Å².